The second-order valence-corrected chi connectivity index (χ2v) is 8.33. The molecule has 0 saturated carbocycles. The Hall–Kier alpha value is -0.520. The number of aryl methyl sites for hydroxylation is 1. The molecule has 114 valence electrons. The van der Waals surface area contributed by atoms with E-state index in [1.54, 1.807) is 0 Å². The highest BCUT2D eigenvalue weighted by molar-refractivity contribution is 7.99. The van der Waals surface area contributed by atoms with Crippen molar-refractivity contribution < 1.29 is 0 Å². The SMILES string of the molecule is CC1CN(C(CN)c2cn(C)nc2C(C)(C)C)CCS1. The fraction of sp³-hybridized carbons (Fsp3) is 0.800. The Kier molecular flexibility index (Phi) is 4.82. The van der Waals surface area contributed by atoms with Gasteiger partial charge in [0, 0.05) is 54.9 Å². The summed E-state index contributed by atoms with van der Waals surface area (Å²) in [5, 5.41) is 5.38. The summed E-state index contributed by atoms with van der Waals surface area (Å²) in [5.41, 5.74) is 8.66. The fourth-order valence-electron chi connectivity index (χ4n) is 2.93. The summed E-state index contributed by atoms with van der Waals surface area (Å²) in [7, 11) is 2.00. The first-order chi connectivity index (χ1) is 9.32. The Morgan fingerprint density at radius 2 is 2.20 bits per heavy atom. The number of thioether (sulfide) groups is 1. The van der Waals surface area contributed by atoms with Crippen molar-refractivity contribution in [2.75, 3.05) is 25.4 Å². The van der Waals surface area contributed by atoms with Crippen LogP contribution in [-0.4, -0.2) is 45.3 Å². The average molecular weight is 296 g/mol. The van der Waals surface area contributed by atoms with Crippen LogP contribution in [0.5, 0.6) is 0 Å². The summed E-state index contributed by atoms with van der Waals surface area (Å²) in [6.45, 7) is 11.9. The lowest BCUT2D eigenvalue weighted by Gasteiger charge is -2.37. The van der Waals surface area contributed by atoms with Gasteiger partial charge < -0.3 is 5.73 Å². The zero-order valence-electron chi connectivity index (χ0n) is 13.4. The summed E-state index contributed by atoms with van der Waals surface area (Å²) in [5.74, 6) is 1.20. The number of nitrogens with zero attached hydrogens (tertiary/aromatic N) is 3. The quantitative estimate of drug-likeness (QED) is 0.928. The maximum Gasteiger partial charge on any atom is 0.0726 e. The molecule has 4 nitrogen and oxygen atoms in total. The Labute approximate surface area is 127 Å². The molecule has 0 radical (unpaired) electrons. The van der Waals surface area contributed by atoms with Gasteiger partial charge in [-0.1, -0.05) is 27.7 Å². The van der Waals surface area contributed by atoms with Crippen LogP contribution in [0, 0.1) is 0 Å². The number of hydrogen-bond donors (Lipinski definition) is 1. The van der Waals surface area contributed by atoms with E-state index >= 15 is 0 Å². The Morgan fingerprint density at radius 1 is 1.50 bits per heavy atom. The van der Waals surface area contributed by atoms with E-state index < -0.39 is 0 Å². The lowest BCUT2D eigenvalue weighted by molar-refractivity contribution is 0.209. The van der Waals surface area contributed by atoms with Gasteiger partial charge in [0.25, 0.3) is 0 Å². The van der Waals surface area contributed by atoms with E-state index in [1.165, 1.54) is 17.0 Å². The predicted octanol–water partition coefficient (Wildman–Crippen LogP) is 2.15. The highest BCUT2D eigenvalue weighted by atomic mass is 32.2. The van der Waals surface area contributed by atoms with Gasteiger partial charge in [0.1, 0.15) is 0 Å². The van der Waals surface area contributed by atoms with Crippen molar-refractivity contribution >= 4 is 11.8 Å². The first-order valence-electron chi connectivity index (χ1n) is 7.42. The minimum Gasteiger partial charge on any atom is -0.329 e. The topological polar surface area (TPSA) is 47.1 Å². The second-order valence-electron chi connectivity index (χ2n) is 6.78. The molecule has 2 N–H and O–H groups in total. The van der Waals surface area contributed by atoms with Crippen molar-refractivity contribution in [2.24, 2.45) is 12.8 Å². The molecule has 5 heteroatoms. The molecule has 0 aliphatic carbocycles. The number of nitrogens with two attached hydrogens (primary N) is 1. The molecule has 1 aromatic rings. The molecular formula is C15H28N4S. The van der Waals surface area contributed by atoms with Gasteiger partial charge in [-0.05, 0) is 0 Å². The van der Waals surface area contributed by atoms with Crippen molar-refractivity contribution in [1.82, 2.24) is 14.7 Å². The molecule has 2 unspecified atom stereocenters. The van der Waals surface area contributed by atoms with E-state index in [9.17, 15) is 0 Å². The molecule has 2 rings (SSSR count). The molecule has 20 heavy (non-hydrogen) atoms. The minimum absolute atomic E-state index is 0.0557. The average Bonchev–Trinajstić information content (AvgIpc) is 2.72. The summed E-state index contributed by atoms with van der Waals surface area (Å²) in [6.07, 6.45) is 2.16. The van der Waals surface area contributed by atoms with Crippen molar-refractivity contribution in [3.05, 3.63) is 17.5 Å². The molecule has 2 atom stereocenters. The molecule has 2 heterocycles. The van der Waals surface area contributed by atoms with Crippen molar-refractivity contribution in [1.29, 1.82) is 0 Å². The number of aromatic nitrogens is 2. The van der Waals surface area contributed by atoms with Gasteiger partial charge in [0.2, 0.25) is 0 Å². The maximum absolute atomic E-state index is 6.12. The van der Waals surface area contributed by atoms with Crippen LogP contribution in [0.2, 0.25) is 0 Å². The van der Waals surface area contributed by atoms with Gasteiger partial charge in [0.15, 0.2) is 0 Å². The monoisotopic (exact) mass is 296 g/mol. The fourth-order valence-corrected chi connectivity index (χ4v) is 3.97. The van der Waals surface area contributed by atoms with E-state index in [2.05, 4.69) is 50.6 Å². The summed E-state index contributed by atoms with van der Waals surface area (Å²) < 4.78 is 1.93. The Balaban J connectivity index is 2.32. The Bertz CT molecular complexity index is 449. The van der Waals surface area contributed by atoms with E-state index in [-0.39, 0.29) is 5.41 Å². The third-order valence-electron chi connectivity index (χ3n) is 3.86. The van der Waals surface area contributed by atoms with Gasteiger partial charge in [-0.2, -0.15) is 16.9 Å². The summed E-state index contributed by atoms with van der Waals surface area (Å²) in [6, 6.07) is 0.293. The van der Waals surface area contributed by atoms with Gasteiger partial charge in [-0.15, -0.1) is 0 Å². The van der Waals surface area contributed by atoms with Crippen molar-refractivity contribution in [3.63, 3.8) is 0 Å². The van der Waals surface area contributed by atoms with Crippen LogP contribution in [0.25, 0.3) is 0 Å². The second kappa shape index (κ2) is 6.08. The smallest absolute Gasteiger partial charge is 0.0726 e. The first-order valence-corrected chi connectivity index (χ1v) is 8.47. The molecule has 0 aromatic carbocycles. The van der Waals surface area contributed by atoms with E-state index in [0.29, 0.717) is 17.8 Å². The first kappa shape index (κ1) is 15.9. The predicted molar refractivity (Wildman–Crippen MR) is 87.2 cm³/mol. The number of rotatable bonds is 3. The van der Waals surface area contributed by atoms with Crippen molar-refractivity contribution in [2.45, 2.75) is 44.4 Å². The molecule has 0 amide bonds. The molecule has 1 aliphatic rings. The van der Waals surface area contributed by atoms with Crippen molar-refractivity contribution in [3.8, 4) is 0 Å². The van der Waals surface area contributed by atoms with Crippen LogP contribution < -0.4 is 5.73 Å². The third-order valence-corrected chi connectivity index (χ3v) is 5.00. The molecule has 1 aromatic heterocycles. The van der Waals surface area contributed by atoms with Crippen LogP contribution >= 0.6 is 11.8 Å². The molecule has 1 aliphatic heterocycles. The highest BCUT2D eigenvalue weighted by Crippen LogP contribution is 2.33. The van der Waals surface area contributed by atoms with E-state index in [0.717, 1.165) is 13.1 Å². The Morgan fingerprint density at radius 3 is 2.75 bits per heavy atom. The van der Waals surface area contributed by atoms with Crippen LogP contribution in [0.3, 0.4) is 0 Å². The minimum atomic E-state index is 0.0557. The lowest BCUT2D eigenvalue weighted by atomic mass is 9.87. The van der Waals surface area contributed by atoms with E-state index in [1.807, 2.05) is 11.7 Å². The molecule has 0 spiro atoms. The standard InChI is InChI=1S/C15H28N4S/c1-11-9-19(6-7-20-11)13(8-16)12-10-18(5)17-14(12)15(2,3)4/h10-11,13H,6-9,16H2,1-5H3. The molecule has 1 saturated heterocycles. The largest absolute Gasteiger partial charge is 0.329 e. The van der Waals surface area contributed by atoms with E-state index in [4.69, 9.17) is 10.8 Å². The molecular weight excluding hydrogens is 268 g/mol. The summed E-state index contributed by atoms with van der Waals surface area (Å²) in [4.78, 5) is 2.54. The summed E-state index contributed by atoms with van der Waals surface area (Å²) >= 11 is 2.06. The van der Waals surface area contributed by atoms with Crippen LogP contribution in [0.4, 0.5) is 0 Å². The van der Waals surface area contributed by atoms with Crippen LogP contribution in [0.15, 0.2) is 6.20 Å². The van der Waals surface area contributed by atoms with Gasteiger partial charge >= 0.3 is 0 Å². The molecule has 0 bridgehead atoms. The van der Waals surface area contributed by atoms with Gasteiger partial charge in [0.05, 0.1) is 11.7 Å². The van der Waals surface area contributed by atoms with Crippen LogP contribution in [0.1, 0.15) is 45.0 Å². The normalized spacial score (nSPS) is 23.0. The highest BCUT2D eigenvalue weighted by Gasteiger charge is 2.31. The lowest BCUT2D eigenvalue weighted by Crippen LogP contribution is -2.42. The zero-order chi connectivity index (χ0) is 14.9. The zero-order valence-corrected chi connectivity index (χ0v) is 14.2. The van der Waals surface area contributed by atoms with Gasteiger partial charge in [-0.3, -0.25) is 9.58 Å². The van der Waals surface area contributed by atoms with Gasteiger partial charge in [-0.25, -0.2) is 0 Å². The third kappa shape index (κ3) is 3.38. The van der Waals surface area contributed by atoms with Crippen LogP contribution in [-0.2, 0) is 12.5 Å². The maximum atomic E-state index is 6.12. The molecule has 1 fully saturated rings. The number of hydrogen-bond acceptors (Lipinski definition) is 4.